The quantitative estimate of drug-likeness (QED) is 0.175. The Morgan fingerprint density at radius 1 is 1.08 bits per heavy atom. The number of methoxy groups -OCH3 is 1. The van der Waals surface area contributed by atoms with E-state index in [1.165, 1.54) is 29.5 Å². The van der Waals surface area contributed by atoms with E-state index in [4.69, 9.17) is 4.74 Å². The normalized spacial score (nSPS) is 11.6. The summed E-state index contributed by atoms with van der Waals surface area (Å²) in [4.78, 5) is 23.5. The number of hydrogen-bond acceptors (Lipinski definition) is 7. The molecular formula is C27H27N5O4S. The minimum atomic E-state index is -0.457. The Balaban J connectivity index is 1.57. The largest absolute Gasteiger partial charge is 0.497 e. The van der Waals surface area contributed by atoms with Crippen LogP contribution in [0.2, 0.25) is 0 Å². The van der Waals surface area contributed by atoms with Crippen LogP contribution in [0.3, 0.4) is 0 Å². The summed E-state index contributed by atoms with van der Waals surface area (Å²) in [6.45, 7) is 3.88. The van der Waals surface area contributed by atoms with Crippen molar-refractivity contribution < 1.29 is 14.5 Å². The fraction of sp³-hybridized carbons (Fsp3) is 0.222. The van der Waals surface area contributed by atoms with E-state index < -0.39 is 11.0 Å². The molecule has 4 aromatic rings. The van der Waals surface area contributed by atoms with Crippen LogP contribution in [0.4, 0.5) is 5.69 Å². The number of carbonyl (C=O) groups excluding carboxylic acids is 1. The SMILES string of the molecule is COc1ccc(CC(=O)NC(C)c2nnc(SCc3cccc(C)c3)n2-c2ccc([N+](=O)[O-])cc2)cc1. The summed E-state index contributed by atoms with van der Waals surface area (Å²) in [6, 6.07) is 21.3. The number of nitrogens with one attached hydrogen (secondary N) is 1. The first-order valence-electron chi connectivity index (χ1n) is 11.6. The number of non-ortho nitro benzene ring substituents is 1. The van der Waals surface area contributed by atoms with Crippen LogP contribution in [0.15, 0.2) is 78.0 Å². The van der Waals surface area contributed by atoms with Gasteiger partial charge in [-0.15, -0.1) is 10.2 Å². The summed E-state index contributed by atoms with van der Waals surface area (Å²) in [6.07, 6.45) is 0.203. The maximum absolute atomic E-state index is 12.8. The Bertz CT molecular complexity index is 1390. The number of hydrogen-bond donors (Lipinski definition) is 1. The van der Waals surface area contributed by atoms with Crippen molar-refractivity contribution in [2.45, 2.75) is 37.2 Å². The van der Waals surface area contributed by atoms with E-state index in [1.54, 1.807) is 19.2 Å². The number of nitro benzene ring substituents is 1. The Kier molecular flexibility index (Phi) is 8.19. The molecular weight excluding hydrogens is 490 g/mol. The molecule has 0 aliphatic rings. The Hall–Kier alpha value is -4.18. The zero-order chi connectivity index (χ0) is 26.4. The Labute approximate surface area is 219 Å². The number of benzene rings is 3. The van der Waals surface area contributed by atoms with Crippen molar-refractivity contribution in [1.29, 1.82) is 0 Å². The summed E-state index contributed by atoms with van der Waals surface area (Å²) in [7, 11) is 1.60. The lowest BCUT2D eigenvalue weighted by Crippen LogP contribution is -2.30. The molecule has 0 fully saturated rings. The fourth-order valence-corrected chi connectivity index (χ4v) is 4.76. The molecule has 4 rings (SSSR count). The molecule has 0 saturated carbocycles. The standard InChI is InChI=1S/C27H27N5O4S/c1-18-5-4-6-21(15-18)17-37-27-30-29-26(31(27)22-9-11-23(12-10-22)32(34)35)19(2)28-25(33)16-20-7-13-24(36-3)14-8-20/h4-15,19H,16-17H2,1-3H3,(H,28,33). The molecule has 0 radical (unpaired) electrons. The number of nitro groups is 1. The van der Waals surface area contributed by atoms with Gasteiger partial charge < -0.3 is 10.1 Å². The molecule has 1 aromatic heterocycles. The van der Waals surface area contributed by atoms with Gasteiger partial charge in [-0.1, -0.05) is 53.7 Å². The molecule has 37 heavy (non-hydrogen) atoms. The highest BCUT2D eigenvalue weighted by molar-refractivity contribution is 7.98. The van der Waals surface area contributed by atoms with E-state index in [0.717, 1.165) is 16.9 Å². The lowest BCUT2D eigenvalue weighted by Gasteiger charge is -2.16. The zero-order valence-electron chi connectivity index (χ0n) is 20.7. The van der Waals surface area contributed by atoms with Crippen LogP contribution in [0.25, 0.3) is 5.69 Å². The van der Waals surface area contributed by atoms with E-state index in [-0.39, 0.29) is 18.0 Å². The smallest absolute Gasteiger partial charge is 0.269 e. The number of amides is 1. The van der Waals surface area contributed by atoms with Crippen LogP contribution >= 0.6 is 11.8 Å². The lowest BCUT2D eigenvalue weighted by atomic mass is 10.1. The van der Waals surface area contributed by atoms with E-state index in [1.807, 2.05) is 54.8 Å². The molecule has 0 bridgehead atoms. The fourth-order valence-electron chi connectivity index (χ4n) is 3.86. The number of aryl methyl sites for hydroxylation is 1. The number of rotatable bonds is 10. The second kappa shape index (κ2) is 11.7. The number of carbonyl (C=O) groups is 1. The van der Waals surface area contributed by atoms with Gasteiger partial charge in [-0.25, -0.2) is 0 Å². The van der Waals surface area contributed by atoms with Gasteiger partial charge in [0.15, 0.2) is 11.0 Å². The molecule has 1 amide bonds. The third kappa shape index (κ3) is 6.53. The number of ether oxygens (including phenoxy) is 1. The molecule has 1 heterocycles. The molecule has 3 aromatic carbocycles. The highest BCUT2D eigenvalue weighted by atomic mass is 32.2. The average Bonchev–Trinajstić information content (AvgIpc) is 3.32. The minimum Gasteiger partial charge on any atom is -0.497 e. The van der Waals surface area contributed by atoms with Gasteiger partial charge in [0.25, 0.3) is 5.69 Å². The van der Waals surface area contributed by atoms with Crippen molar-refractivity contribution in [2.75, 3.05) is 7.11 Å². The molecule has 0 aliphatic heterocycles. The number of thioether (sulfide) groups is 1. The third-order valence-corrected chi connectivity index (χ3v) is 6.72. The molecule has 0 aliphatic carbocycles. The van der Waals surface area contributed by atoms with Gasteiger partial charge in [-0.2, -0.15) is 0 Å². The van der Waals surface area contributed by atoms with Crippen LogP contribution in [-0.2, 0) is 17.0 Å². The first-order valence-corrected chi connectivity index (χ1v) is 12.6. The summed E-state index contributed by atoms with van der Waals surface area (Å²) < 4.78 is 7.01. The zero-order valence-corrected chi connectivity index (χ0v) is 21.6. The molecule has 190 valence electrons. The predicted molar refractivity (Wildman–Crippen MR) is 142 cm³/mol. The van der Waals surface area contributed by atoms with E-state index in [0.29, 0.717) is 22.4 Å². The third-order valence-electron chi connectivity index (χ3n) is 5.72. The maximum atomic E-state index is 12.8. The summed E-state index contributed by atoms with van der Waals surface area (Å²) in [5.74, 6) is 1.77. The second-order valence-corrected chi connectivity index (χ2v) is 9.48. The Morgan fingerprint density at radius 2 is 1.81 bits per heavy atom. The van der Waals surface area contributed by atoms with Crippen molar-refractivity contribution in [1.82, 2.24) is 20.1 Å². The van der Waals surface area contributed by atoms with Crippen molar-refractivity contribution >= 4 is 23.4 Å². The Morgan fingerprint density at radius 3 is 2.46 bits per heavy atom. The highest BCUT2D eigenvalue weighted by Gasteiger charge is 2.22. The molecule has 1 N–H and O–H groups in total. The first-order chi connectivity index (χ1) is 17.8. The van der Waals surface area contributed by atoms with Crippen molar-refractivity contribution in [3.8, 4) is 11.4 Å². The molecule has 1 atom stereocenters. The molecule has 9 nitrogen and oxygen atoms in total. The van der Waals surface area contributed by atoms with Gasteiger partial charge in [0.2, 0.25) is 5.91 Å². The first kappa shape index (κ1) is 25.9. The molecule has 10 heteroatoms. The minimum absolute atomic E-state index is 0.00631. The van der Waals surface area contributed by atoms with Gasteiger partial charge in [-0.05, 0) is 49.2 Å². The average molecular weight is 518 g/mol. The summed E-state index contributed by atoms with van der Waals surface area (Å²) in [5.41, 5.74) is 3.84. The topological polar surface area (TPSA) is 112 Å². The maximum Gasteiger partial charge on any atom is 0.269 e. The van der Waals surface area contributed by atoms with Crippen LogP contribution in [0, 0.1) is 17.0 Å². The van der Waals surface area contributed by atoms with E-state index in [2.05, 4.69) is 27.6 Å². The van der Waals surface area contributed by atoms with Crippen molar-refractivity contribution in [3.05, 3.63) is 105 Å². The highest BCUT2D eigenvalue weighted by Crippen LogP contribution is 2.29. The van der Waals surface area contributed by atoms with Crippen LogP contribution < -0.4 is 10.1 Å². The second-order valence-electron chi connectivity index (χ2n) is 8.54. The van der Waals surface area contributed by atoms with Crippen LogP contribution in [0.5, 0.6) is 5.75 Å². The van der Waals surface area contributed by atoms with Gasteiger partial charge in [-0.3, -0.25) is 19.5 Å². The van der Waals surface area contributed by atoms with Gasteiger partial charge in [0, 0.05) is 23.6 Å². The van der Waals surface area contributed by atoms with E-state index >= 15 is 0 Å². The lowest BCUT2D eigenvalue weighted by molar-refractivity contribution is -0.384. The monoisotopic (exact) mass is 517 g/mol. The van der Waals surface area contributed by atoms with Crippen LogP contribution in [0.1, 0.15) is 35.5 Å². The van der Waals surface area contributed by atoms with Gasteiger partial charge in [0.05, 0.1) is 24.5 Å². The van der Waals surface area contributed by atoms with Crippen molar-refractivity contribution in [3.63, 3.8) is 0 Å². The van der Waals surface area contributed by atoms with Gasteiger partial charge in [0.1, 0.15) is 5.75 Å². The summed E-state index contributed by atoms with van der Waals surface area (Å²) >= 11 is 1.51. The summed E-state index contributed by atoms with van der Waals surface area (Å²) in [5, 5.41) is 23.6. The van der Waals surface area contributed by atoms with Crippen molar-refractivity contribution in [2.24, 2.45) is 0 Å². The molecule has 0 saturated heterocycles. The predicted octanol–water partition coefficient (Wildman–Crippen LogP) is 5.20. The number of aromatic nitrogens is 3. The number of nitrogens with zero attached hydrogens (tertiary/aromatic N) is 4. The van der Waals surface area contributed by atoms with Gasteiger partial charge >= 0.3 is 0 Å². The van der Waals surface area contributed by atoms with E-state index in [9.17, 15) is 14.9 Å². The van der Waals surface area contributed by atoms with Crippen LogP contribution in [-0.4, -0.2) is 32.7 Å². The molecule has 1 unspecified atom stereocenters. The molecule has 0 spiro atoms.